The predicted molar refractivity (Wildman–Crippen MR) is 67.4 cm³/mol. The normalized spacial score (nSPS) is 21.9. The molecule has 0 amide bonds. The smallest absolute Gasteiger partial charge is 0.0905 e. The van der Waals surface area contributed by atoms with Crippen molar-refractivity contribution in [3.63, 3.8) is 0 Å². The number of aliphatic hydroxyl groups excluding tert-OH is 1. The van der Waals surface area contributed by atoms with Crippen LogP contribution in [-0.4, -0.2) is 21.9 Å². The van der Waals surface area contributed by atoms with Crippen molar-refractivity contribution in [2.45, 2.75) is 89.3 Å². The second-order valence-corrected chi connectivity index (χ2v) is 5.38. The summed E-state index contributed by atoms with van der Waals surface area (Å²) in [6, 6.07) is 0. The number of unbranched alkanes of at least 4 members (excludes halogenated alkanes) is 4. The summed E-state index contributed by atoms with van der Waals surface area (Å²) in [5, 5.41) is 20.3. The van der Waals surface area contributed by atoms with Crippen LogP contribution in [0.5, 0.6) is 0 Å². The third kappa shape index (κ3) is 4.42. The van der Waals surface area contributed by atoms with Gasteiger partial charge in [0, 0.05) is 0 Å². The zero-order valence-corrected chi connectivity index (χ0v) is 10.7. The molecule has 0 spiro atoms. The van der Waals surface area contributed by atoms with Crippen molar-refractivity contribution in [3.8, 4) is 0 Å². The minimum Gasteiger partial charge on any atom is -0.390 e. The highest BCUT2D eigenvalue weighted by Crippen LogP contribution is 2.32. The summed E-state index contributed by atoms with van der Waals surface area (Å²) in [5.41, 5.74) is -0.761. The Bertz CT molecular complexity index is 174. The molecule has 0 aromatic rings. The van der Waals surface area contributed by atoms with Gasteiger partial charge in [-0.3, -0.25) is 0 Å². The van der Waals surface area contributed by atoms with Crippen molar-refractivity contribution in [1.29, 1.82) is 0 Å². The van der Waals surface area contributed by atoms with Gasteiger partial charge < -0.3 is 10.2 Å². The Morgan fingerprint density at radius 3 is 2.25 bits per heavy atom. The standard InChI is InChI=1S/C14H28O2/c1-2-3-4-5-7-10-13(15)14(16)11-8-6-9-12-14/h13,15-16H,2-12H2,1H3. The summed E-state index contributed by atoms with van der Waals surface area (Å²) in [6.45, 7) is 2.21. The van der Waals surface area contributed by atoms with Crippen molar-refractivity contribution in [1.82, 2.24) is 0 Å². The van der Waals surface area contributed by atoms with Gasteiger partial charge in [-0.1, -0.05) is 58.3 Å². The summed E-state index contributed by atoms with van der Waals surface area (Å²) in [5.74, 6) is 0. The second kappa shape index (κ2) is 7.29. The van der Waals surface area contributed by atoms with E-state index in [-0.39, 0.29) is 0 Å². The molecule has 1 aliphatic carbocycles. The highest BCUT2D eigenvalue weighted by molar-refractivity contribution is 4.88. The molecule has 2 nitrogen and oxygen atoms in total. The van der Waals surface area contributed by atoms with Crippen molar-refractivity contribution >= 4 is 0 Å². The van der Waals surface area contributed by atoms with Crippen LogP contribution in [0.2, 0.25) is 0 Å². The Kier molecular flexibility index (Phi) is 6.37. The SMILES string of the molecule is CCCCCCCC(O)C1(O)CCCCC1. The fourth-order valence-electron chi connectivity index (χ4n) is 2.71. The lowest BCUT2D eigenvalue weighted by Crippen LogP contribution is -2.43. The average Bonchev–Trinajstić information content (AvgIpc) is 2.29. The third-order valence-corrected chi connectivity index (χ3v) is 3.92. The molecule has 2 N–H and O–H groups in total. The van der Waals surface area contributed by atoms with Crippen LogP contribution in [0.25, 0.3) is 0 Å². The van der Waals surface area contributed by atoms with E-state index in [1.807, 2.05) is 0 Å². The van der Waals surface area contributed by atoms with Crippen molar-refractivity contribution < 1.29 is 10.2 Å². The Balaban J connectivity index is 2.15. The van der Waals surface area contributed by atoms with E-state index in [0.29, 0.717) is 0 Å². The van der Waals surface area contributed by atoms with E-state index in [4.69, 9.17) is 0 Å². The highest BCUT2D eigenvalue weighted by Gasteiger charge is 2.35. The summed E-state index contributed by atoms with van der Waals surface area (Å²) < 4.78 is 0. The molecule has 1 saturated carbocycles. The zero-order chi connectivity index (χ0) is 11.9. The molecule has 0 saturated heterocycles. The van der Waals surface area contributed by atoms with E-state index < -0.39 is 11.7 Å². The van der Waals surface area contributed by atoms with E-state index in [9.17, 15) is 10.2 Å². The van der Waals surface area contributed by atoms with E-state index in [1.54, 1.807) is 0 Å². The van der Waals surface area contributed by atoms with Crippen LogP contribution in [0.3, 0.4) is 0 Å². The lowest BCUT2D eigenvalue weighted by molar-refractivity contribution is -0.100. The Hall–Kier alpha value is -0.0800. The molecule has 0 aromatic heterocycles. The van der Waals surface area contributed by atoms with Gasteiger partial charge in [0.05, 0.1) is 11.7 Å². The first-order chi connectivity index (χ1) is 7.69. The van der Waals surface area contributed by atoms with Crippen LogP contribution < -0.4 is 0 Å². The molecule has 0 bridgehead atoms. The van der Waals surface area contributed by atoms with E-state index in [0.717, 1.165) is 38.5 Å². The Morgan fingerprint density at radius 2 is 1.62 bits per heavy atom. The van der Waals surface area contributed by atoms with E-state index in [2.05, 4.69) is 6.92 Å². The molecule has 0 heterocycles. The first kappa shape index (κ1) is 14.0. The first-order valence-corrected chi connectivity index (χ1v) is 7.09. The molecule has 0 radical (unpaired) electrons. The minimum atomic E-state index is -0.761. The molecule has 1 fully saturated rings. The summed E-state index contributed by atoms with van der Waals surface area (Å²) in [4.78, 5) is 0. The Morgan fingerprint density at radius 1 is 1.00 bits per heavy atom. The van der Waals surface area contributed by atoms with Crippen LogP contribution >= 0.6 is 0 Å². The van der Waals surface area contributed by atoms with Gasteiger partial charge in [-0.2, -0.15) is 0 Å². The molecule has 96 valence electrons. The monoisotopic (exact) mass is 228 g/mol. The fourth-order valence-corrected chi connectivity index (χ4v) is 2.71. The zero-order valence-electron chi connectivity index (χ0n) is 10.7. The summed E-state index contributed by atoms with van der Waals surface area (Å²) in [7, 11) is 0. The number of rotatable bonds is 7. The van der Waals surface area contributed by atoms with Gasteiger partial charge >= 0.3 is 0 Å². The van der Waals surface area contributed by atoms with E-state index >= 15 is 0 Å². The van der Waals surface area contributed by atoms with Crippen molar-refractivity contribution in [2.24, 2.45) is 0 Å². The van der Waals surface area contributed by atoms with Crippen LogP contribution in [0.1, 0.15) is 77.6 Å². The molecule has 0 aliphatic heterocycles. The molecule has 1 atom stereocenters. The van der Waals surface area contributed by atoms with Crippen molar-refractivity contribution in [2.75, 3.05) is 0 Å². The molecule has 16 heavy (non-hydrogen) atoms. The molecule has 2 heteroatoms. The van der Waals surface area contributed by atoms with Crippen molar-refractivity contribution in [3.05, 3.63) is 0 Å². The maximum Gasteiger partial charge on any atom is 0.0905 e. The predicted octanol–water partition coefficient (Wildman–Crippen LogP) is 3.40. The fraction of sp³-hybridized carbons (Fsp3) is 1.00. The Labute approximate surface area is 100 Å². The van der Waals surface area contributed by atoms with Crippen LogP contribution in [0.15, 0.2) is 0 Å². The number of hydrogen-bond donors (Lipinski definition) is 2. The maximum atomic E-state index is 10.3. The van der Waals surface area contributed by atoms with Gasteiger partial charge in [-0.25, -0.2) is 0 Å². The molecular weight excluding hydrogens is 200 g/mol. The van der Waals surface area contributed by atoms with Gasteiger partial charge in [0.15, 0.2) is 0 Å². The first-order valence-electron chi connectivity index (χ1n) is 7.09. The third-order valence-electron chi connectivity index (χ3n) is 3.92. The largest absolute Gasteiger partial charge is 0.390 e. The topological polar surface area (TPSA) is 40.5 Å². The minimum absolute atomic E-state index is 0.491. The molecule has 1 rings (SSSR count). The molecule has 1 aliphatic rings. The lowest BCUT2D eigenvalue weighted by Gasteiger charge is -2.36. The summed E-state index contributed by atoms with van der Waals surface area (Å²) >= 11 is 0. The second-order valence-electron chi connectivity index (χ2n) is 5.38. The van der Waals surface area contributed by atoms with Gasteiger partial charge in [0.25, 0.3) is 0 Å². The van der Waals surface area contributed by atoms with Gasteiger partial charge in [0.1, 0.15) is 0 Å². The molecular formula is C14H28O2. The maximum absolute atomic E-state index is 10.3. The molecule has 1 unspecified atom stereocenters. The van der Waals surface area contributed by atoms with Gasteiger partial charge in [-0.05, 0) is 19.3 Å². The van der Waals surface area contributed by atoms with Gasteiger partial charge in [-0.15, -0.1) is 0 Å². The average molecular weight is 228 g/mol. The summed E-state index contributed by atoms with van der Waals surface area (Å²) in [6.07, 6.45) is 11.3. The van der Waals surface area contributed by atoms with E-state index in [1.165, 1.54) is 32.1 Å². The van der Waals surface area contributed by atoms with Crippen LogP contribution in [0.4, 0.5) is 0 Å². The lowest BCUT2D eigenvalue weighted by atomic mass is 9.79. The van der Waals surface area contributed by atoms with Crippen LogP contribution in [-0.2, 0) is 0 Å². The molecule has 0 aromatic carbocycles. The number of hydrogen-bond acceptors (Lipinski definition) is 2. The number of aliphatic hydroxyl groups is 2. The quantitative estimate of drug-likeness (QED) is 0.656. The van der Waals surface area contributed by atoms with Crippen LogP contribution in [0, 0.1) is 0 Å². The van der Waals surface area contributed by atoms with Gasteiger partial charge in [0.2, 0.25) is 0 Å². The highest BCUT2D eigenvalue weighted by atomic mass is 16.3.